The molecule has 1 aromatic carbocycles. The van der Waals surface area contributed by atoms with E-state index in [-0.39, 0.29) is 23.3 Å². The van der Waals surface area contributed by atoms with Crippen LogP contribution in [0.15, 0.2) is 40.8 Å². The van der Waals surface area contributed by atoms with Crippen molar-refractivity contribution in [1.29, 1.82) is 0 Å². The van der Waals surface area contributed by atoms with E-state index in [0.29, 0.717) is 24.6 Å². The minimum Gasteiger partial charge on any atom is -0.451 e. The summed E-state index contributed by atoms with van der Waals surface area (Å²) in [5, 5.41) is 0. The van der Waals surface area contributed by atoms with Gasteiger partial charge in [0, 0.05) is 38.7 Å². The molecular formula is C23H30N2O3. The van der Waals surface area contributed by atoms with Crippen LogP contribution in [0.4, 0.5) is 0 Å². The van der Waals surface area contributed by atoms with E-state index in [1.165, 1.54) is 5.56 Å². The normalized spacial score (nSPS) is 15.5. The highest BCUT2D eigenvalue weighted by Crippen LogP contribution is 2.28. The first-order valence-electron chi connectivity index (χ1n) is 9.90. The summed E-state index contributed by atoms with van der Waals surface area (Å²) in [5.41, 5.74) is 2.33. The summed E-state index contributed by atoms with van der Waals surface area (Å²) >= 11 is 0. The molecule has 2 amide bonds. The molecule has 1 aliphatic heterocycles. The van der Waals surface area contributed by atoms with Crippen molar-refractivity contribution < 1.29 is 14.0 Å². The quantitative estimate of drug-likeness (QED) is 0.794. The molecule has 5 heteroatoms. The smallest absolute Gasteiger partial charge is 0.289 e. The third-order valence-electron chi connectivity index (χ3n) is 5.65. The summed E-state index contributed by atoms with van der Waals surface area (Å²) in [6.45, 7) is 9.40. The molecule has 3 rings (SSSR count). The van der Waals surface area contributed by atoms with Crippen molar-refractivity contribution in [2.75, 3.05) is 20.1 Å². The van der Waals surface area contributed by atoms with Crippen LogP contribution >= 0.6 is 0 Å². The Morgan fingerprint density at radius 2 is 1.64 bits per heavy atom. The second-order valence-electron chi connectivity index (χ2n) is 8.64. The van der Waals surface area contributed by atoms with Crippen LogP contribution in [0.2, 0.25) is 0 Å². The predicted molar refractivity (Wildman–Crippen MR) is 110 cm³/mol. The SMILES string of the molecule is CC(=O)N(C)C1CCN(C(=O)c2ccc(-c3ccc(C(C)(C)C)cc3)o2)CC1. The Morgan fingerprint density at radius 3 is 2.18 bits per heavy atom. The molecule has 2 aromatic rings. The number of benzene rings is 1. The molecule has 1 fully saturated rings. The summed E-state index contributed by atoms with van der Waals surface area (Å²) in [6.07, 6.45) is 1.59. The molecule has 5 nitrogen and oxygen atoms in total. The molecule has 0 aliphatic carbocycles. The number of amides is 2. The van der Waals surface area contributed by atoms with Crippen LogP contribution in [0, 0.1) is 0 Å². The predicted octanol–water partition coefficient (Wildman–Crippen LogP) is 4.33. The van der Waals surface area contributed by atoms with Gasteiger partial charge >= 0.3 is 0 Å². The van der Waals surface area contributed by atoms with E-state index >= 15 is 0 Å². The third-order valence-corrected chi connectivity index (χ3v) is 5.65. The molecule has 0 unspecified atom stereocenters. The molecule has 0 bridgehead atoms. The first-order chi connectivity index (χ1) is 13.2. The summed E-state index contributed by atoms with van der Waals surface area (Å²) in [4.78, 5) is 27.9. The van der Waals surface area contributed by atoms with Crippen molar-refractivity contribution in [3.05, 3.63) is 47.7 Å². The van der Waals surface area contributed by atoms with Gasteiger partial charge in [-0.3, -0.25) is 9.59 Å². The number of carbonyl (C=O) groups is 2. The maximum Gasteiger partial charge on any atom is 0.289 e. The number of rotatable bonds is 3. The number of furan rings is 1. The minimum atomic E-state index is -0.0820. The molecule has 0 saturated carbocycles. The summed E-state index contributed by atoms with van der Waals surface area (Å²) < 4.78 is 5.87. The van der Waals surface area contributed by atoms with Gasteiger partial charge in [-0.1, -0.05) is 45.0 Å². The molecule has 2 heterocycles. The highest BCUT2D eigenvalue weighted by atomic mass is 16.4. The van der Waals surface area contributed by atoms with Crippen molar-refractivity contribution in [2.24, 2.45) is 0 Å². The van der Waals surface area contributed by atoms with Gasteiger partial charge in [-0.15, -0.1) is 0 Å². The molecule has 150 valence electrons. The van der Waals surface area contributed by atoms with E-state index < -0.39 is 0 Å². The Kier molecular flexibility index (Phi) is 5.64. The Bertz CT molecular complexity index is 837. The maximum atomic E-state index is 12.8. The molecule has 1 saturated heterocycles. The van der Waals surface area contributed by atoms with Crippen molar-refractivity contribution in [2.45, 2.75) is 52.0 Å². The Labute approximate surface area is 167 Å². The molecule has 28 heavy (non-hydrogen) atoms. The summed E-state index contributed by atoms with van der Waals surface area (Å²) in [5.74, 6) is 1.06. The zero-order chi connectivity index (χ0) is 20.5. The fraction of sp³-hybridized carbons (Fsp3) is 0.478. The lowest BCUT2D eigenvalue weighted by Crippen LogP contribution is -2.46. The molecule has 0 atom stereocenters. The van der Waals surface area contributed by atoms with Crippen LogP contribution in [-0.4, -0.2) is 47.8 Å². The molecule has 1 aliphatic rings. The second-order valence-corrected chi connectivity index (χ2v) is 8.64. The number of piperidine rings is 1. The summed E-state index contributed by atoms with van der Waals surface area (Å²) in [6, 6.07) is 12.1. The van der Waals surface area contributed by atoms with Crippen LogP contribution in [-0.2, 0) is 10.2 Å². The highest BCUT2D eigenvalue weighted by molar-refractivity contribution is 5.92. The second kappa shape index (κ2) is 7.82. The molecule has 0 N–H and O–H groups in total. The van der Waals surface area contributed by atoms with Gasteiger partial charge in [0.25, 0.3) is 5.91 Å². The standard InChI is InChI=1S/C23H30N2O3/c1-16(26)24(5)19-12-14-25(15-13-19)22(27)21-11-10-20(28-21)17-6-8-18(9-7-17)23(2,3)4/h6-11,19H,12-15H2,1-5H3. The number of carbonyl (C=O) groups excluding carboxylic acids is 2. The number of hydrogen-bond acceptors (Lipinski definition) is 3. The van der Waals surface area contributed by atoms with Crippen LogP contribution in [0.1, 0.15) is 56.7 Å². The van der Waals surface area contributed by atoms with Gasteiger partial charge < -0.3 is 14.2 Å². The van der Waals surface area contributed by atoms with Crippen molar-refractivity contribution in [3.63, 3.8) is 0 Å². The summed E-state index contributed by atoms with van der Waals surface area (Å²) in [7, 11) is 1.83. The molecular weight excluding hydrogens is 352 g/mol. The van der Waals surface area contributed by atoms with Crippen molar-refractivity contribution in [3.8, 4) is 11.3 Å². The van der Waals surface area contributed by atoms with Crippen LogP contribution < -0.4 is 0 Å². The van der Waals surface area contributed by atoms with Gasteiger partial charge in [-0.05, 0) is 36.0 Å². The average Bonchev–Trinajstić information content (AvgIpc) is 3.16. The average molecular weight is 383 g/mol. The number of hydrogen-bond donors (Lipinski definition) is 0. The lowest BCUT2D eigenvalue weighted by Gasteiger charge is -2.36. The maximum absolute atomic E-state index is 12.8. The Hall–Kier alpha value is -2.56. The van der Waals surface area contributed by atoms with Gasteiger partial charge in [0.05, 0.1) is 0 Å². The van der Waals surface area contributed by atoms with Crippen LogP contribution in [0.5, 0.6) is 0 Å². The van der Waals surface area contributed by atoms with Gasteiger partial charge in [-0.25, -0.2) is 0 Å². The first kappa shape index (κ1) is 20.2. The third kappa shape index (κ3) is 4.29. The molecule has 0 spiro atoms. The van der Waals surface area contributed by atoms with Gasteiger partial charge in [0.1, 0.15) is 5.76 Å². The van der Waals surface area contributed by atoms with E-state index in [2.05, 4.69) is 32.9 Å². The first-order valence-corrected chi connectivity index (χ1v) is 9.90. The fourth-order valence-corrected chi connectivity index (χ4v) is 3.61. The Morgan fingerprint density at radius 1 is 1.04 bits per heavy atom. The van der Waals surface area contributed by atoms with Gasteiger partial charge in [0.2, 0.25) is 5.91 Å². The monoisotopic (exact) mass is 382 g/mol. The number of likely N-dealkylation sites (tertiary alicyclic amines) is 1. The van der Waals surface area contributed by atoms with Crippen LogP contribution in [0.3, 0.4) is 0 Å². The largest absolute Gasteiger partial charge is 0.451 e. The zero-order valence-corrected chi connectivity index (χ0v) is 17.5. The topological polar surface area (TPSA) is 53.8 Å². The molecule has 1 aromatic heterocycles. The van der Waals surface area contributed by atoms with E-state index in [4.69, 9.17) is 4.42 Å². The van der Waals surface area contributed by atoms with Gasteiger partial charge in [-0.2, -0.15) is 0 Å². The van der Waals surface area contributed by atoms with Crippen molar-refractivity contribution in [1.82, 2.24) is 9.80 Å². The fourth-order valence-electron chi connectivity index (χ4n) is 3.61. The minimum absolute atomic E-state index is 0.0675. The van der Waals surface area contributed by atoms with E-state index in [1.807, 2.05) is 30.1 Å². The van der Waals surface area contributed by atoms with Gasteiger partial charge in [0.15, 0.2) is 5.76 Å². The zero-order valence-electron chi connectivity index (χ0n) is 17.5. The van der Waals surface area contributed by atoms with E-state index in [1.54, 1.807) is 17.9 Å². The Balaban J connectivity index is 1.66. The lowest BCUT2D eigenvalue weighted by atomic mass is 9.86. The van der Waals surface area contributed by atoms with E-state index in [9.17, 15) is 9.59 Å². The van der Waals surface area contributed by atoms with Crippen LogP contribution in [0.25, 0.3) is 11.3 Å². The van der Waals surface area contributed by atoms with Crippen molar-refractivity contribution >= 4 is 11.8 Å². The number of nitrogens with zero attached hydrogens (tertiary/aromatic N) is 2. The molecule has 0 radical (unpaired) electrons. The van der Waals surface area contributed by atoms with E-state index in [0.717, 1.165) is 18.4 Å². The lowest BCUT2D eigenvalue weighted by molar-refractivity contribution is -0.130. The highest BCUT2D eigenvalue weighted by Gasteiger charge is 2.28.